The van der Waals surface area contributed by atoms with Crippen LogP contribution in [0.25, 0.3) is 109 Å². The first-order valence-electron chi connectivity index (χ1n) is 33.4. The number of hydrogen-bond acceptors (Lipinski definition) is 16. The summed E-state index contributed by atoms with van der Waals surface area (Å²) in [4.78, 5) is 58.2. The van der Waals surface area contributed by atoms with E-state index < -0.39 is 11.7 Å². The van der Waals surface area contributed by atoms with Gasteiger partial charge < -0.3 is 39.7 Å². The number of alkyl halides is 3. The van der Waals surface area contributed by atoms with Crippen LogP contribution in [0.3, 0.4) is 0 Å². The van der Waals surface area contributed by atoms with Gasteiger partial charge in [0.25, 0.3) is 0 Å². The Hall–Kier alpha value is -9.00. The Morgan fingerprint density at radius 1 is 0.417 bits per heavy atom. The fraction of sp³-hybridized carbons (Fsp3) is 0.0778. The molecular weight excluding hydrogens is 2590 g/mol. The fourth-order valence-corrected chi connectivity index (χ4v) is 11.9. The third-order valence-corrected chi connectivity index (χ3v) is 16.9. The molecule has 0 saturated heterocycles. The van der Waals surface area contributed by atoms with E-state index in [0.29, 0.717) is 17.1 Å². The SMILES string of the molecule is CC(=O)C=C(C)O.CC(=O)C=C(C)O.CC(=O)C=C(C)O.FC(F)(F)c1c[c-]c(-c2ccccn2)cc1.[Ir].[Ir].[Ir].[Ir].[Ir].[Pt].[c-]1ccc2ccccc2c1-c1nc2ccccc2s1.[c-]1ccccc1-c1ccccn1.[c-]1ccccc1-c1nc2ccccc2o1.[c-]1ccsc1-c1ccccn1.[c-]1ccsc1-c1nccc2ccccc12. The second-order valence-electron chi connectivity index (χ2n) is 23.0. The first-order valence-corrected chi connectivity index (χ1v) is 36.0. The number of nitrogens with zero attached hydrogens (tertiary/aromatic N) is 6. The summed E-state index contributed by atoms with van der Waals surface area (Å²) in [6, 6.07) is 96.8. The zero-order valence-electron chi connectivity index (χ0n) is 61.9. The van der Waals surface area contributed by atoms with Gasteiger partial charge in [-0.15, -0.1) is 136 Å². The molecule has 8 aromatic heterocycles. The first kappa shape index (κ1) is 102. The van der Waals surface area contributed by atoms with Crippen LogP contribution in [-0.2, 0) is 142 Å². The van der Waals surface area contributed by atoms with Crippen LogP contribution in [0.4, 0.5) is 13.2 Å². The van der Waals surface area contributed by atoms with E-state index >= 15 is 0 Å². The van der Waals surface area contributed by atoms with Gasteiger partial charge in [0, 0.05) is 174 Å². The number of thiazole rings is 1. The average molecular weight is 2660 g/mol. The maximum absolute atomic E-state index is 12.3. The van der Waals surface area contributed by atoms with Crippen LogP contribution >= 0.6 is 34.0 Å². The molecule has 603 valence electrons. The zero-order chi connectivity index (χ0) is 77.8. The van der Waals surface area contributed by atoms with Gasteiger partial charge in [0.15, 0.2) is 17.3 Å². The van der Waals surface area contributed by atoms with Gasteiger partial charge in [0.2, 0.25) is 0 Å². The number of rotatable bonds is 9. The number of fused-ring (bicyclic) bond motifs is 4. The van der Waals surface area contributed by atoms with Gasteiger partial charge in [-0.3, -0.25) is 24.4 Å². The maximum Gasteiger partial charge on any atom is 0.381 e. The summed E-state index contributed by atoms with van der Waals surface area (Å²) in [5.41, 5.74) is 9.23. The summed E-state index contributed by atoms with van der Waals surface area (Å²) < 4.78 is 43.7. The minimum Gasteiger partial charge on any atom is -0.512 e. The van der Waals surface area contributed by atoms with Crippen molar-refractivity contribution in [2.24, 2.45) is 0 Å². The van der Waals surface area contributed by atoms with E-state index in [1.807, 2.05) is 169 Å². The number of carbonyl (C=O) groups is 3. The van der Waals surface area contributed by atoms with Crippen molar-refractivity contribution in [3.05, 3.63) is 362 Å². The first-order chi connectivity index (χ1) is 52.7. The molecule has 0 unspecified atom stereocenters. The molecule has 0 atom stereocenters. The Labute approximate surface area is 760 Å². The molecule has 0 aliphatic rings. The topological polar surface area (TPSA) is 202 Å². The molecule has 0 bridgehead atoms. The fourth-order valence-electron chi connectivity index (χ4n) is 9.62. The second kappa shape index (κ2) is 54.8. The monoisotopic (exact) mass is 2660 g/mol. The predicted octanol–water partition coefficient (Wildman–Crippen LogP) is 23.8. The Balaban J connectivity index is 0.000000444. The number of thiophene rings is 2. The largest absolute Gasteiger partial charge is 0.512 e. The third-order valence-electron chi connectivity index (χ3n) is 14.2. The number of pyridine rings is 4. The minimum atomic E-state index is -4.32. The second-order valence-corrected chi connectivity index (χ2v) is 25.8. The molecule has 115 heavy (non-hydrogen) atoms. The van der Waals surface area contributed by atoms with Crippen molar-refractivity contribution in [2.45, 2.75) is 47.7 Å². The van der Waals surface area contributed by atoms with Crippen LogP contribution < -0.4 is 0 Å². The smallest absolute Gasteiger partial charge is 0.381 e. The molecule has 0 amide bonds. The number of aliphatic hydroxyl groups is 3. The van der Waals surface area contributed by atoms with E-state index in [9.17, 15) is 27.6 Å². The Kier molecular flexibility index (Phi) is 48.6. The maximum atomic E-state index is 12.3. The number of oxazole rings is 1. The van der Waals surface area contributed by atoms with Gasteiger partial charge in [-0.1, -0.05) is 130 Å². The average Bonchev–Trinajstić information content (AvgIpc) is 1.76. The van der Waals surface area contributed by atoms with E-state index in [1.54, 1.807) is 70.8 Å². The van der Waals surface area contributed by atoms with Crippen LogP contribution in [0.5, 0.6) is 0 Å². The summed E-state index contributed by atoms with van der Waals surface area (Å²) in [7, 11) is 0. The molecule has 0 saturated carbocycles. The summed E-state index contributed by atoms with van der Waals surface area (Å²) in [6.45, 7) is 8.54. The Morgan fingerprint density at radius 3 is 1.35 bits per heavy atom. The van der Waals surface area contributed by atoms with E-state index in [4.69, 9.17) is 24.7 Å². The van der Waals surface area contributed by atoms with Crippen LogP contribution in [0.2, 0.25) is 0 Å². The molecule has 0 aliphatic heterocycles. The van der Waals surface area contributed by atoms with Gasteiger partial charge in [-0.25, -0.2) is 22.7 Å². The van der Waals surface area contributed by atoms with E-state index in [1.165, 1.54) is 92.1 Å². The number of ketones is 3. The number of aromatic nitrogens is 6. The van der Waals surface area contributed by atoms with Crippen molar-refractivity contribution < 1.29 is 169 Å². The molecule has 16 aromatic rings. The number of aliphatic hydroxyl groups excluding tert-OH is 3. The van der Waals surface area contributed by atoms with Gasteiger partial charge >= 0.3 is 6.18 Å². The normalized spacial score (nSPS) is 10.3. The van der Waals surface area contributed by atoms with Gasteiger partial charge in [0.05, 0.1) is 28.3 Å². The Morgan fingerprint density at radius 2 is 0.887 bits per heavy atom. The number of halogens is 3. The summed E-state index contributed by atoms with van der Waals surface area (Å²) >= 11 is 5.05. The molecule has 8 heterocycles. The third kappa shape index (κ3) is 35.6. The molecule has 0 aliphatic carbocycles. The van der Waals surface area contributed by atoms with Crippen molar-refractivity contribution in [1.29, 1.82) is 0 Å². The quantitative estimate of drug-likeness (QED) is 0.0700. The van der Waals surface area contributed by atoms with Crippen LogP contribution in [0.1, 0.15) is 47.1 Å². The number of allylic oxidation sites excluding steroid dienone is 6. The molecule has 3 N–H and O–H groups in total. The van der Waals surface area contributed by atoms with Gasteiger partial charge in [-0.2, -0.15) is 48.8 Å². The molecule has 5 radical (unpaired) electrons. The summed E-state index contributed by atoms with van der Waals surface area (Å²) in [5.74, 6) is 0.435. The van der Waals surface area contributed by atoms with E-state index in [0.717, 1.165) is 77.3 Å². The predicted molar refractivity (Wildman–Crippen MR) is 433 cm³/mol. The summed E-state index contributed by atoms with van der Waals surface area (Å²) in [6.07, 6.45) is 6.20. The molecule has 13 nitrogen and oxygen atoms in total. The van der Waals surface area contributed by atoms with Crippen LogP contribution in [-0.4, -0.2) is 62.6 Å². The van der Waals surface area contributed by atoms with Crippen molar-refractivity contribution in [3.8, 4) is 65.7 Å². The van der Waals surface area contributed by atoms with E-state index in [2.05, 4.69) is 122 Å². The number of benzene rings is 8. The molecule has 8 aromatic carbocycles. The van der Waals surface area contributed by atoms with E-state index in [-0.39, 0.29) is 156 Å². The number of para-hydroxylation sites is 3. The van der Waals surface area contributed by atoms with Crippen molar-refractivity contribution in [1.82, 2.24) is 29.9 Å². The van der Waals surface area contributed by atoms with Crippen molar-refractivity contribution >= 4 is 94.2 Å². The van der Waals surface area contributed by atoms with Crippen LogP contribution in [0, 0.1) is 36.4 Å². The van der Waals surface area contributed by atoms with Crippen molar-refractivity contribution in [3.63, 3.8) is 0 Å². The number of hydrogen-bond donors (Lipinski definition) is 3. The molecule has 0 spiro atoms. The van der Waals surface area contributed by atoms with Gasteiger partial charge in [-0.05, 0) is 129 Å². The molecular formula is C90H71F3Ir5N6O7PtS3-6. The molecule has 25 heteroatoms. The van der Waals surface area contributed by atoms with Crippen LogP contribution in [0.15, 0.2) is 324 Å². The molecule has 0 fully saturated rings. The minimum absolute atomic E-state index is 0. The number of carbonyl (C=O) groups excluding carboxylic acids is 3. The standard InChI is InChI=1S/C17H10NS.C13H8NO.C13H8NS.C12H7F3N.C11H8N.C9H6NS.3C5H8O2.5Ir.Pt/c1-2-8-13-12(6-1)7-5-9-14(13)17-18-15-10-3-4-11-16(15)19-17;1-2-6-10(7-3-1)13-14-11-8-4-5-9-12(11)15-13;1-2-5-11-10(4-1)7-8-14-13(11)12-6-3-9-15-12;13-12(14,15)10-6-4-9(5-7-10)11-3-1-2-8-16-11;1-2-6-10(7-3-1)11-8-4-5-9-12-11;1-2-6-10-8(4-1)9-5-3-7-11-9;3*1-4(6)3-5(2)7;;;;;;/h1-8,10-11H;1-6,8-9H;1-5,7-9H;1-4,6-8H;1-6,8-9H;1-4,6-7H;3*3,6H,1-2H3;;;;;;/q6*-1;;;;;;;;;. The Bertz CT molecular complexity index is 5380. The summed E-state index contributed by atoms with van der Waals surface area (Å²) in [5, 5.41) is 35.0. The van der Waals surface area contributed by atoms with Gasteiger partial charge in [0.1, 0.15) is 11.5 Å². The zero-order valence-corrected chi connectivity index (χ0v) is 78.6. The van der Waals surface area contributed by atoms with Crippen molar-refractivity contribution in [2.75, 3.05) is 0 Å². The molecule has 16 rings (SSSR count).